The molecule has 0 saturated carbocycles. The highest BCUT2D eigenvalue weighted by Crippen LogP contribution is 2.43. The van der Waals surface area contributed by atoms with E-state index in [1.165, 1.54) is 12.8 Å². The fourth-order valence-corrected chi connectivity index (χ4v) is 5.93. The number of rotatable bonds is 6. The lowest BCUT2D eigenvalue weighted by molar-refractivity contribution is -0.133. The molecule has 36 heavy (non-hydrogen) atoms. The molecule has 0 N–H and O–H groups in total. The van der Waals surface area contributed by atoms with Crippen LogP contribution >= 0.6 is 0 Å². The van der Waals surface area contributed by atoms with Crippen molar-refractivity contribution in [2.75, 3.05) is 40.4 Å². The fraction of sp³-hybridized carbons (Fsp3) is 0.586. The number of likely N-dealkylation sites (tertiary alicyclic amines) is 2. The lowest BCUT2D eigenvalue weighted by Gasteiger charge is -2.47. The molecule has 1 aromatic carbocycles. The second kappa shape index (κ2) is 10.7. The zero-order chi connectivity index (χ0) is 26.0. The van der Waals surface area contributed by atoms with Gasteiger partial charge in [0.15, 0.2) is 0 Å². The fourth-order valence-electron chi connectivity index (χ4n) is 5.93. The van der Waals surface area contributed by atoms with Crippen molar-refractivity contribution in [3.8, 4) is 22.6 Å². The topological polar surface area (TPSA) is 64.0 Å². The molecule has 0 atom stereocenters. The smallest absolute Gasteiger partial charge is 0.253 e. The predicted octanol–water partition coefficient (Wildman–Crippen LogP) is 4.30. The van der Waals surface area contributed by atoms with Crippen LogP contribution in [-0.2, 0) is 18.4 Å². The number of ether oxygens (including phenoxy) is 2. The molecule has 196 valence electrons. The molecule has 2 fully saturated rings. The van der Waals surface area contributed by atoms with Gasteiger partial charge in [0.25, 0.3) is 5.56 Å². The van der Waals surface area contributed by atoms with E-state index in [1.807, 2.05) is 31.9 Å². The van der Waals surface area contributed by atoms with E-state index in [9.17, 15) is 9.59 Å². The minimum absolute atomic E-state index is 0.0253. The molecular weight excluding hydrogens is 454 g/mol. The van der Waals surface area contributed by atoms with Crippen molar-refractivity contribution < 1.29 is 14.3 Å². The number of methoxy groups -OCH3 is 2. The van der Waals surface area contributed by atoms with E-state index in [0.29, 0.717) is 11.8 Å². The van der Waals surface area contributed by atoms with Gasteiger partial charge < -0.3 is 18.9 Å². The Morgan fingerprint density at radius 1 is 0.944 bits per heavy atom. The van der Waals surface area contributed by atoms with Gasteiger partial charge in [-0.1, -0.05) is 6.92 Å². The lowest BCUT2D eigenvalue weighted by atomic mass is 9.71. The number of benzene rings is 1. The summed E-state index contributed by atoms with van der Waals surface area (Å²) >= 11 is 0. The van der Waals surface area contributed by atoms with Gasteiger partial charge in [0.05, 0.1) is 19.8 Å². The standard InChI is InChI=1S/C29H41N3O4/c1-7-27(33)32-14-10-29(11-15-32)8-12-31(13-9-29)19-24-25(35-5)16-22(17-26(24)36-6)23-18-30(4)28(34)21(3)20(23)2/h16-18H,7-15,19H2,1-6H3. The van der Waals surface area contributed by atoms with Crippen molar-refractivity contribution in [1.82, 2.24) is 14.4 Å². The Bertz CT molecular complexity index is 1140. The highest BCUT2D eigenvalue weighted by atomic mass is 16.5. The van der Waals surface area contributed by atoms with E-state index >= 15 is 0 Å². The van der Waals surface area contributed by atoms with Crippen molar-refractivity contribution in [2.45, 2.75) is 59.4 Å². The van der Waals surface area contributed by atoms with E-state index < -0.39 is 0 Å². The monoisotopic (exact) mass is 495 g/mol. The van der Waals surface area contributed by atoms with Gasteiger partial charge in [0.2, 0.25) is 5.91 Å². The molecule has 1 amide bonds. The van der Waals surface area contributed by atoms with Gasteiger partial charge in [-0.05, 0) is 81.3 Å². The number of aryl methyl sites for hydroxylation is 1. The molecule has 1 aromatic heterocycles. The van der Waals surface area contributed by atoms with Crippen LogP contribution in [0.2, 0.25) is 0 Å². The molecule has 3 heterocycles. The summed E-state index contributed by atoms with van der Waals surface area (Å²) in [5, 5.41) is 0. The van der Waals surface area contributed by atoms with Crippen molar-refractivity contribution in [3.63, 3.8) is 0 Å². The number of carbonyl (C=O) groups excluding carboxylic acids is 1. The molecule has 7 heteroatoms. The average molecular weight is 496 g/mol. The average Bonchev–Trinajstić information content (AvgIpc) is 2.90. The first kappa shape index (κ1) is 26.3. The Hall–Kier alpha value is -2.80. The SMILES string of the molecule is CCC(=O)N1CCC2(CCN(Cc3c(OC)cc(-c4cn(C)c(=O)c(C)c4C)cc3OC)CC2)CC1. The first-order valence-electron chi connectivity index (χ1n) is 13.1. The largest absolute Gasteiger partial charge is 0.496 e. The highest BCUT2D eigenvalue weighted by Gasteiger charge is 2.38. The summed E-state index contributed by atoms with van der Waals surface area (Å²) in [4.78, 5) is 29.0. The normalized spacial score (nSPS) is 17.9. The van der Waals surface area contributed by atoms with Gasteiger partial charge in [-0.2, -0.15) is 0 Å². The van der Waals surface area contributed by atoms with Crippen LogP contribution in [0.5, 0.6) is 11.5 Å². The van der Waals surface area contributed by atoms with Crippen molar-refractivity contribution in [3.05, 3.63) is 45.4 Å². The quantitative estimate of drug-likeness (QED) is 0.598. The van der Waals surface area contributed by atoms with E-state index in [4.69, 9.17) is 9.47 Å². The Morgan fingerprint density at radius 3 is 2.03 bits per heavy atom. The number of carbonyl (C=O) groups is 1. The van der Waals surface area contributed by atoms with Crippen LogP contribution in [0.15, 0.2) is 23.1 Å². The number of hydrogen-bond donors (Lipinski definition) is 0. The van der Waals surface area contributed by atoms with Crippen LogP contribution < -0.4 is 15.0 Å². The number of nitrogens with zero attached hydrogens (tertiary/aromatic N) is 3. The predicted molar refractivity (Wildman–Crippen MR) is 143 cm³/mol. The number of aromatic nitrogens is 1. The summed E-state index contributed by atoms with van der Waals surface area (Å²) in [7, 11) is 5.20. The van der Waals surface area contributed by atoms with Crippen molar-refractivity contribution in [2.24, 2.45) is 12.5 Å². The van der Waals surface area contributed by atoms with E-state index in [1.54, 1.807) is 25.8 Å². The van der Waals surface area contributed by atoms with Crippen LogP contribution in [-0.4, -0.2) is 60.7 Å². The van der Waals surface area contributed by atoms with E-state index in [-0.39, 0.29) is 11.5 Å². The molecule has 7 nitrogen and oxygen atoms in total. The highest BCUT2D eigenvalue weighted by molar-refractivity contribution is 5.76. The Kier molecular flexibility index (Phi) is 7.79. The lowest BCUT2D eigenvalue weighted by Crippen LogP contribution is -2.48. The molecule has 4 rings (SSSR count). The molecular formula is C29H41N3O4. The third kappa shape index (κ3) is 5.03. The van der Waals surface area contributed by atoms with Gasteiger partial charge in [-0.15, -0.1) is 0 Å². The zero-order valence-electron chi connectivity index (χ0n) is 22.8. The molecule has 0 radical (unpaired) electrons. The summed E-state index contributed by atoms with van der Waals surface area (Å²) < 4.78 is 13.4. The second-order valence-electron chi connectivity index (χ2n) is 10.6. The molecule has 2 saturated heterocycles. The molecule has 2 aliphatic rings. The third-order valence-corrected chi connectivity index (χ3v) is 8.63. The minimum atomic E-state index is 0.0253. The molecule has 2 aromatic rings. The van der Waals surface area contributed by atoms with Crippen LogP contribution in [0.25, 0.3) is 11.1 Å². The number of hydrogen-bond acceptors (Lipinski definition) is 5. The molecule has 0 aliphatic carbocycles. The van der Waals surface area contributed by atoms with Crippen molar-refractivity contribution >= 4 is 5.91 Å². The maximum Gasteiger partial charge on any atom is 0.253 e. The maximum atomic E-state index is 12.4. The van der Waals surface area contributed by atoms with Crippen molar-refractivity contribution in [1.29, 1.82) is 0 Å². The molecule has 0 bridgehead atoms. The summed E-state index contributed by atoms with van der Waals surface area (Å²) in [6.07, 6.45) is 7.06. The van der Waals surface area contributed by atoms with E-state index in [0.717, 1.165) is 84.9 Å². The summed E-state index contributed by atoms with van der Waals surface area (Å²) in [6.45, 7) is 10.5. The molecule has 1 spiro atoms. The number of piperidine rings is 2. The summed E-state index contributed by atoms with van der Waals surface area (Å²) in [5.74, 6) is 1.90. The van der Waals surface area contributed by atoms with Crippen LogP contribution in [0.1, 0.15) is 55.7 Å². The van der Waals surface area contributed by atoms with Crippen LogP contribution in [0.3, 0.4) is 0 Å². The minimum Gasteiger partial charge on any atom is -0.496 e. The van der Waals surface area contributed by atoms with Gasteiger partial charge in [-0.3, -0.25) is 14.5 Å². The summed E-state index contributed by atoms with van der Waals surface area (Å²) in [6, 6.07) is 4.13. The first-order chi connectivity index (χ1) is 17.2. The third-order valence-electron chi connectivity index (χ3n) is 8.63. The van der Waals surface area contributed by atoms with Gasteiger partial charge in [0, 0.05) is 50.4 Å². The molecule has 0 unspecified atom stereocenters. The van der Waals surface area contributed by atoms with Crippen LogP contribution in [0.4, 0.5) is 0 Å². The Morgan fingerprint density at radius 2 is 1.50 bits per heavy atom. The van der Waals surface area contributed by atoms with Crippen LogP contribution in [0, 0.1) is 19.3 Å². The van der Waals surface area contributed by atoms with E-state index in [2.05, 4.69) is 17.0 Å². The number of amides is 1. The van der Waals surface area contributed by atoms with Gasteiger partial charge in [0.1, 0.15) is 11.5 Å². The first-order valence-corrected chi connectivity index (χ1v) is 13.1. The van der Waals surface area contributed by atoms with Gasteiger partial charge in [-0.25, -0.2) is 0 Å². The van der Waals surface area contributed by atoms with Gasteiger partial charge >= 0.3 is 0 Å². The Balaban J connectivity index is 1.51. The second-order valence-corrected chi connectivity index (χ2v) is 10.6. The number of pyridine rings is 1. The maximum absolute atomic E-state index is 12.4. The zero-order valence-corrected chi connectivity index (χ0v) is 22.8. The Labute approximate surface area is 215 Å². The molecule has 2 aliphatic heterocycles. The summed E-state index contributed by atoms with van der Waals surface area (Å²) in [5.41, 5.74) is 5.17.